The minimum absolute atomic E-state index is 0.0897. The predicted molar refractivity (Wildman–Crippen MR) is 131 cm³/mol. The van der Waals surface area contributed by atoms with Crippen LogP contribution in [0.5, 0.6) is 0 Å². The number of rotatable bonds is 9. The number of hydrogen-bond donors (Lipinski definition) is 1. The molecule has 1 aromatic carbocycles. The Morgan fingerprint density at radius 3 is 2.71 bits per heavy atom. The number of nitrogens with zero attached hydrogens (tertiary/aromatic N) is 4. The minimum atomic E-state index is -0.266. The molecule has 2 aliphatic heterocycles. The molecule has 3 amide bonds. The van der Waals surface area contributed by atoms with Gasteiger partial charge in [0.05, 0.1) is 6.10 Å². The number of carbonyl (C=O) groups is 3. The van der Waals surface area contributed by atoms with E-state index >= 15 is 0 Å². The van der Waals surface area contributed by atoms with Crippen LogP contribution < -0.4 is 5.32 Å². The monoisotopic (exact) mass is 481 g/mol. The van der Waals surface area contributed by atoms with Gasteiger partial charge >= 0.3 is 0 Å². The maximum Gasteiger partial charge on any atom is 0.274 e. The molecule has 9 nitrogen and oxygen atoms in total. The summed E-state index contributed by atoms with van der Waals surface area (Å²) in [5, 5.41) is 7.35. The second-order valence-electron chi connectivity index (χ2n) is 9.28. The minimum Gasteiger partial charge on any atom is -0.376 e. The zero-order valence-electron chi connectivity index (χ0n) is 20.7. The van der Waals surface area contributed by atoms with Crippen LogP contribution in [0, 0.1) is 6.92 Å². The lowest BCUT2D eigenvalue weighted by Gasteiger charge is -2.20. The molecule has 35 heavy (non-hydrogen) atoms. The third-order valence-corrected chi connectivity index (χ3v) is 6.63. The van der Waals surface area contributed by atoms with E-state index in [-0.39, 0.29) is 35.9 Å². The van der Waals surface area contributed by atoms with Gasteiger partial charge in [-0.25, -0.2) is 0 Å². The van der Waals surface area contributed by atoms with Crippen molar-refractivity contribution in [1.82, 2.24) is 24.9 Å². The molecule has 2 aromatic rings. The summed E-state index contributed by atoms with van der Waals surface area (Å²) in [7, 11) is 0. The lowest BCUT2D eigenvalue weighted by Crippen LogP contribution is -2.37. The summed E-state index contributed by atoms with van der Waals surface area (Å²) in [5.41, 5.74) is 2.93. The number of amides is 3. The molecule has 1 fully saturated rings. The Bertz CT molecular complexity index is 1040. The first-order chi connectivity index (χ1) is 16.9. The van der Waals surface area contributed by atoms with Gasteiger partial charge in [-0.1, -0.05) is 29.8 Å². The first kappa shape index (κ1) is 24.9. The van der Waals surface area contributed by atoms with Crippen molar-refractivity contribution in [3.05, 3.63) is 52.8 Å². The lowest BCUT2D eigenvalue weighted by atomic mass is 10.1. The fraction of sp³-hybridized carbons (Fsp3) is 0.538. The molecule has 1 N–H and O–H groups in total. The van der Waals surface area contributed by atoms with Gasteiger partial charge in [0.15, 0.2) is 5.69 Å². The third-order valence-electron chi connectivity index (χ3n) is 6.63. The molecule has 0 aliphatic carbocycles. The van der Waals surface area contributed by atoms with Crippen LogP contribution in [-0.4, -0.2) is 76.2 Å². The van der Waals surface area contributed by atoms with Gasteiger partial charge in [-0.05, 0) is 38.7 Å². The van der Waals surface area contributed by atoms with Crippen LogP contribution in [0.25, 0.3) is 0 Å². The van der Waals surface area contributed by atoms with Crippen LogP contribution in [0.1, 0.15) is 64.7 Å². The molecule has 0 saturated carbocycles. The van der Waals surface area contributed by atoms with Crippen molar-refractivity contribution in [2.24, 2.45) is 0 Å². The summed E-state index contributed by atoms with van der Waals surface area (Å²) in [6, 6.07) is 9.76. The molecule has 1 saturated heterocycles. The van der Waals surface area contributed by atoms with E-state index < -0.39 is 0 Å². The molecule has 2 aliphatic rings. The van der Waals surface area contributed by atoms with Crippen molar-refractivity contribution in [2.75, 3.05) is 32.8 Å². The molecule has 9 heteroatoms. The summed E-state index contributed by atoms with van der Waals surface area (Å²) in [6.45, 7) is 7.66. The van der Waals surface area contributed by atoms with Crippen molar-refractivity contribution in [2.45, 2.75) is 58.7 Å². The van der Waals surface area contributed by atoms with Crippen molar-refractivity contribution in [1.29, 1.82) is 0 Å². The van der Waals surface area contributed by atoms with E-state index in [1.807, 2.05) is 43.0 Å². The van der Waals surface area contributed by atoms with Crippen LogP contribution in [0.2, 0.25) is 0 Å². The molecule has 1 aromatic heterocycles. The summed E-state index contributed by atoms with van der Waals surface area (Å²) >= 11 is 0. The van der Waals surface area contributed by atoms with E-state index in [4.69, 9.17) is 4.74 Å². The predicted octanol–water partition coefficient (Wildman–Crippen LogP) is 2.39. The number of ether oxygens (including phenoxy) is 1. The Morgan fingerprint density at radius 2 is 2.00 bits per heavy atom. The van der Waals surface area contributed by atoms with Crippen LogP contribution in [0.15, 0.2) is 30.3 Å². The van der Waals surface area contributed by atoms with E-state index in [2.05, 4.69) is 10.4 Å². The standard InChI is InChI=1S/C26H35N5O4/c1-3-29(14-11-24(32)27-17-21-6-4-15-35-21)25(33)22-16-23-26(34)30(12-5-13-31(23)28-22)18-20-9-7-19(2)8-10-20/h7-10,16,21H,3-6,11-15,17-18H2,1-2H3,(H,27,32)/t21-/m1/s1. The summed E-state index contributed by atoms with van der Waals surface area (Å²) in [5.74, 6) is -0.488. The van der Waals surface area contributed by atoms with E-state index in [0.29, 0.717) is 45.0 Å². The molecule has 0 unspecified atom stereocenters. The number of hydrogen-bond acceptors (Lipinski definition) is 5. The lowest BCUT2D eigenvalue weighted by molar-refractivity contribution is -0.121. The number of fused-ring (bicyclic) bond motifs is 1. The van der Waals surface area contributed by atoms with Gasteiger partial charge in [0.2, 0.25) is 5.91 Å². The number of carbonyl (C=O) groups excluding carboxylic acids is 3. The zero-order valence-corrected chi connectivity index (χ0v) is 20.7. The molecular formula is C26H35N5O4. The maximum atomic E-state index is 13.3. The zero-order chi connectivity index (χ0) is 24.8. The topological polar surface area (TPSA) is 96.8 Å². The number of aromatic nitrogens is 2. The van der Waals surface area contributed by atoms with Crippen molar-refractivity contribution >= 4 is 17.7 Å². The fourth-order valence-electron chi connectivity index (χ4n) is 4.53. The maximum absolute atomic E-state index is 13.3. The third kappa shape index (κ3) is 6.28. The highest BCUT2D eigenvalue weighted by Gasteiger charge is 2.28. The second kappa shape index (κ2) is 11.5. The van der Waals surface area contributed by atoms with E-state index in [0.717, 1.165) is 31.4 Å². The highest BCUT2D eigenvalue weighted by Crippen LogP contribution is 2.18. The van der Waals surface area contributed by atoms with Gasteiger partial charge in [-0.3, -0.25) is 19.1 Å². The van der Waals surface area contributed by atoms with Gasteiger partial charge < -0.3 is 19.9 Å². The van der Waals surface area contributed by atoms with Gasteiger partial charge in [0.1, 0.15) is 5.69 Å². The normalized spacial score (nSPS) is 17.7. The molecule has 0 radical (unpaired) electrons. The van der Waals surface area contributed by atoms with Gasteiger partial charge in [-0.15, -0.1) is 0 Å². The molecule has 0 bridgehead atoms. The van der Waals surface area contributed by atoms with Crippen LogP contribution in [-0.2, 0) is 22.6 Å². The summed E-state index contributed by atoms with van der Waals surface area (Å²) in [6.07, 6.45) is 3.06. The van der Waals surface area contributed by atoms with Crippen molar-refractivity contribution in [3.8, 4) is 0 Å². The van der Waals surface area contributed by atoms with Crippen LogP contribution >= 0.6 is 0 Å². The van der Waals surface area contributed by atoms with Gasteiger partial charge in [-0.2, -0.15) is 5.10 Å². The van der Waals surface area contributed by atoms with Gasteiger partial charge in [0, 0.05) is 58.4 Å². The molecule has 3 heterocycles. The first-order valence-corrected chi connectivity index (χ1v) is 12.5. The fourth-order valence-corrected chi connectivity index (χ4v) is 4.53. The smallest absolute Gasteiger partial charge is 0.274 e. The summed E-state index contributed by atoms with van der Waals surface area (Å²) < 4.78 is 7.17. The molecule has 188 valence electrons. The second-order valence-corrected chi connectivity index (χ2v) is 9.28. The van der Waals surface area contributed by atoms with Crippen LogP contribution in [0.4, 0.5) is 0 Å². The quantitative estimate of drug-likeness (QED) is 0.593. The number of benzene rings is 1. The SMILES string of the molecule is CCN(CCC(=O)NC[C@H]1CCCO1)C(=O)c1cc2n(n1)CCCN(Cc1ccc(C)cc1)C2=O. The molecule has 1 atom stereocenters. The van der Waals surface area contributed by atoms with Crippen molar-refractivity contribution < 1.29 is 19.1 Å². The van der Waals surface area contributed by atoms with Crippen molar-refractivity contribution in [3.63, 3.8) is 0 Å². The average Bonchev–Trinajstić information content (AvgIpc) is 3.51. The molecule has 4 rings (SSSR count). The van der Waals surface area contributed by atoms with Gasteiger partial charge in [0.25, 0.3) is 11.8 Å². The largest absolute Gasteiger partial charge is 0.376 e. The van der Waals surface area contributed by atoms with E-state index in [1.54, 1.807) is 15.6 Å². The van der Waals surface area contributed by atoms with E-state index in [9.17, 15) is 14.4 Å². The van der Waals surface area contributed by atoms with Crippen LogP contribution in [0.3, 0.4) is 0 Å². The Morgan fingerprint density at radius 1 is 1.20 bits per heavy atom. The number of nitrogens with one attached hydrogen (secondary N) is 1. The molecular weight excluding hydrogens is 446 g/mol. The Labute approximate surface area is 206 Å². The van der Waals surface area contributed by atoms with E-state index in [1.165, 1.54) is 5.56 Å². The number of aryl methyl sites for hydroxylation is 2. The average molecular weight is 482 g/mol. The summed E-state index contributed by atoms with van der Waals surface area (Å²) in [4.78, 5) is 42.1. The first-order valence-electron chi connectivity index (χ1n) is 12.5. The highest BCUT2D eigenvalue weighted by atomic mass is 16.5. The Kier molecular flexibility index (Phi) is 8.17. The Hall–Kier alpha value is -3.20. The molecule has 0 spiro atoms. The highest BCUT2D eigenvalue weighted by molar-refractivity contribution is 5.98. The Balaban J connectivity index is 1.36.